The van der Waals surface area contributed by atoms with Gasteiger partial charge in [0.15, 0.2) is 11.5 Å². The smallest absolute Gasteiger partial charge is 0.262 e. The van der Waals surface area contributed by atoms with E-state index in [2.05, 4.69) is 21.8 Å². The Morgan fingerprint density at radius 1 is 1.16 bits per heavy atom. The first kappa shape index (κ1) is 25.1. The predicted octanol–water partition coefficient (Wildman–Crippen LogP) is 3.92. The van der Waals surface area contributed by atoms with E-state index in [-0.39, 0.29) is 17.5 Å². The van der Waals surface area contributed by atoms with Crippen LogP contribution in [0.15, 0.2) is 41.5 Å². The summed E-state index contributed by atoms with van der Waals surface area (Å²) in [4.78, 5) is 25.1. The van der Waals surface area contributed by atoms with E-state index in [1.807, 2.05) is 13.8 Å². The minimum Gasteiger partial charge on any atom is -0.493 e. The molecule has 9 heteroatoms. The van der Waals surface area contributed by atoms with Gasteiger partial charge in [-0.25, -0.2) is 5.43 Å². The van der Waals surface area contributed by atoms with Gasteiger partial charge in [-0.15, -0.1) is 6.42 Å². The molecule has 0 aromatic heterocycles. The van der Waals surface area contributed by atoms with Crippen molar-refractivity contribution in [3.8, 4) is 23.8 Å². The van der Waals surface area contributed by atoms with Crippen LogP contribution < -0.4 is 20.2 Å². The van der Waals surface area contributed by atoms with E-state index in [4.69, 9.17) is 39.1 Å². The molecule has 0 saturated heterocycles. The van der Waals surface area contributed by atoms with Crippen LogP contribution in [0.25, 0.3) is 0 Å². The molecule has 2 N–H and O–H groups in total. The Kier molecular flexibility index (Phi) is 9.39. The van der Waals surface area contributed by atoms with Gasteiger partial charge in [0.1, 0.15) is 12.6 Å². The molecule has 2 amide bonds. The highest BCUT2D eigenvalue weighted by atomic mass is 35.5. The lowest BCUT2D eigenvalue weighted by Gasteiger charge is -2.20. The summed E-state index contributed by atoms with van der Waals surface area (Å²) in [7, 11) is 1.50. The first-order valence-electron chi connectivity index (χ1n) is 9.60. The molecule has 0 aliphatic carbocycles. The number of methoxy groups -OCH3 is 1. The SMILES string of the molecule is C#CCOc1ccc(C=NNC(=O)C(NC(=O)c2ccc(Cl)c(Cl)c2)C(C)C)cc1OC. The number of carbonyl (C=O) groups is 2. The Bertz CT molecular complexity index is 1050. The molecule has 0 aliphatic rings. The quantitative estimate of drug-likeness (QED) is 0.326. The molecular formula is C23H23Cl2N3O4. The summed E-state index contributed by atoms with van der Waals surface area (Å²) in [6, 6.07) is 8.78. The van der Waals surface area contributed by atoms with Crippen molar-refractivity contribution in [1.82, 2.24) is 10.7 Å². The first-order valence-corrected chi connectivity index (χ1v) is 10.4. The highest BCUT2D eigenvalue weighted by molar-refractivity contribution is 6.42. The lowest BCUT2D eigenvalue weighted by molar-refractivity contribution is -0.123. The molecule has 0 radical (unpaired) electrons. The van der Waals surface area contributed by atoms with E-state index in [9.17, 15) is 9.59 Å². The fourth-order valence-electron chi connectivity index (χ4n) is 2.64. The number of terminal acetylenes is 1. The number of ether oxygens (including phenoxy) is 2. The van der Waals surface area contributed by atoms with Gasteiger partial charge in [-0.1, -0.05) is 43.0 Å². The lowest BCUT2D eigenvalue weighted by Crippen LogP contribution is -2.48. The highest BCUT2D eigenvalue weighted by Crippen LogP contribution is 2.27. The summed E-state index contributed by atoms with van der Waals surface area (Å²) in [6.07, 6.45) is 6.65. The van der Waals surface area contributed by atoms with E-state index < -0.39 is 17.9 Å². The minimum absolute atomic E-state index is 0.115. The van der Waals surface area contributed by atoms with Gasteiger partial charge in [0.05, 0.1) is 23.4 Å². The zero-order chi connectivity index (χ0) is 23.7. The number of amides is 2. The minimum atomic E-state index is -0.817. The Balaban J connectivity index is 2.05. The number of hydrazone groups is 1. The number of nitrogens with zero attached hydrogens (tertiary/aromatic N) is 1. The van der Waals surface area contributed by atoms with Crippen molar-refractivity contribution in [2.75, 3.05) is 13.7 Å². The third-order valence-electron chi connectivity index (χ3n) is 4.30. The molecular weight excluding hydrogens is 453 g/mol. The van der Waals surface area contributed by atoms with Crippen LogP contribution in [0.3, 0.4) is 0 Å². The second kappa shape index (κ2) is 12.0. The zero-order valence-corrected chi connectivity index (χ0v) is 19.3. The van der Waals surface area contributed by atoms with Crippen molar-refractivity contribution in [2.24, 2.45) is 11.0 Å². The average molecular weight is 476 g/mol. The van der Waals surface area contributed by atoms with Crippen LogP contribution in [0.4, 0.5) is 0 Å². The summed E-state index contributed by atoms with van der Waals surface area (Å²) in [5.41, 5.74) is 3.40. The maximum atomic E-state index is 12.6. The van der Waals surface area contributed by atoms with Gasteiger partial charge < -0.3 is 14.8 Å². The molecule has 2 aromatic carbocycles. The number of halogens is 2. The number of hydrogen-bond donors (Lipinski definition) is 2. The third-order valence-corrected chi connectivity index (χ3v) is 5.04. The summed E-state index contributed by atoms with van der Waals surface area (Å²) in [5, 5.41) is 7.26. The number of hydrogen-bond acceptors (Lipinski definition) is 5. The number of carbonyl (C=O) groups excluding carboxylic acids is 2. The number of rotatable bonds is 9. The maximum Gasteiger partial charge on any atom is 0.262 e. The van der Waals surface area contributed by atoms with Gasteiger partial charge in [0, 0.05) is 5.56 Å². The van der Waals surface area contributed by atoms with Crippen molar-refractivity contribution in [3.05, 3.63) is 57.6 Å². The van der Waals surface area contributed by atoms with Crippen molar-refractivity contribution in [2.45, 2.75) is 19.9 Å². The molecule has 2 rings (SSSR count). The Morgan fingerprint density at radius 3 is 2.53 bits per heavy atom. The second-order valence-electron chi connectivity index (χ2n) is 6.96. The molecule has 2 aromatic rings. The van der Waals surface area contributed by atoms with E-state index in [0.717, 1.165) is 0 Å². The Labute approximate surface area is 197 Å². The second-order valence-corrected chi connectivity index (χ2v) is 7.78. The van der Waals surface area contributed by atoms with E-state index in [1.54, 1.807) is 18.2 Å². The molecule has 32 heavy (non-hydrogen) atoms. The molecule has 1 atom stereocenters. The van der Waals surface area contributed by atoms with Crippen molar-refractivity contribution in [1.29, 1.82) is 0 Å². The molecule has 0 bridgehead atoms. The third kappa shape index (κ3) is 6.91. The van der Waals surface area contributed by atoms with Crippen LogP contribution in [0.1, 0.15) is 29.8 Å². The lowest BCUT2D eigenvalue weighted by atomic mass is 10.0. The first-order chi connectivity index (χ1) is 15.3. The van der Waals surface area contributed by atoms with Crippen molar-refractivity contribution >= 4 is 41.2 Å². The van der Waals surface area contributed by atoms with Gasteiger partial charge in [-0.2, -0.15) is 5.10 Å². The van der Waals surface area contributed by atoms with Gasteiger partial charge in [-0.05, 0) is 47.9 Å². The van der Waals surface area contributed by atoms with Gasteiger partial charge >= 0.3 is 0 Å². The van der Waals surface area contributed by atoms with Crippen LogP contribution >= 0.6 is 23.2 Å². The highest BCUT2D eigenvalue weighted by Gasteiger charge is 2.24. The average Bonchev–Trinajstić information content (AvgIpc) is 2.77. The summed E-state index contributed by atoms with van der Waals surface area (Å²) < 4.78 is 10.7. The summed E-state index contributed by atoms with van der Waals surface area (Å²) in [5.74, 6) is 2.25. The molecule has 0 heterocycles. The molecule has 168 valence electrons. The molecule has 0 saturated carbocycles. The monoisotopic (exact) mass is 475 g/mol. The predicted molar refractivity (Wildman–Crippen MR) is 126 cm³/mol. The zero-order valence-electron chi connectivity index (χ0n) is 17.8. The molecule has 0 spiro atoms. The molecule has 1 unspecified atom stereocenters. The topological polar surface area (TPSA) is 89.0 Å². The summed E-state index contributed by atoms with van der Waals surface area (Å²) in [6.45, 7) is 3.73. The van der Waals surface area contributed by atoms with Crippen LogP contribution in [-0.2, 0) is 4.79 Å². The molecule has 0 aliphatic heterocycles. The van der Waals surface area contributed by atoms with E-state index >= 15 is 0 Å². The standard InChI is InChI=1S/C23H23Cl2N3O4/c1-5-10-32-19-9-6-15(11-20(19)31-4)13-26-28-23(30)21(14(2)3)27-22(29)16-7-8-17(24)18(25)12-16/h1,6-9,11-14,21H,10H2,2-4H3,(H,27,29)(H,28,30). The van der Waals surface area contributed by atoms with Crippen LogP contribution in [0.5, 0.6) is 11.5 Å². The number of nitrogens with one attached hydrogen (secondary N) is 2. The van der Waals surface area contributed by atoms with Crippen LogP contribution in [-0.4, -0.2) is 37.8 Å². The Hall–Kier alpha value is -3.21. The van der Waals surface area contributed by atoms with Crippen LogP contribution in [0, 0.1) is 18.3 Å². The normalized spacial score (nSPS) is 11.7. The summed E-state index contributed by atoms with van der Waals surface area (Å²) >= 11 is 11.9. The Morgan fingerprint density at radius 2 is 1.91 bits per heavy atom. The van der Waals surface area contributed by atoms with Crippen LogP contribution in [0.2, 0.25) is 10.0 Å². The largest absolute Gasteiger partial charge is 0.493 e. The van der Waals surface area contributed by atoms with E-state index in [1.165, 1.54) is 31.5 Å². The van der Waals surface area contributed by atoms with Gasteiger partial charge in [0.2, 0.25) is 0 Å². The van der Waals surface area contributed by atoms with Gasteiger partial charge in [0.25, 0.3) is 11.8 Å². The van der Waals surface area contributed by atoms with Crippen molar-refractivity contribution in [3.63, 3.8) is 0 Å². The van der Waals surface area contributed by atoms with Gasteiger partial charge in [-0.3, -0.25) is 9.59 Å². The maximum absolute atomic E-state index is 12.6. The number of benzene rings is 2. The fourth-order valence-corrected chi connectivity index (χ4v) is 2.94. The molecule has 7 nitrogen and oxygen atoms in total. The fraction of sp³-hybridized carbons (Fsp3) is 0.261. The van der Waals surface area contributed by atoms with Crippen molar-refractivity contribution < 1.29 is 19.1 Å². The van der Waals surface area contributed by atoms with E-state index in [0.29, 0.717) is 27.6 Å². The molecule has 0 fully saturated rings.